The molecule has 1 aliphatic rings. The van der Waals surface area contributed by atoms with Crippen LogP contribution in [0.5, 0.6) is 0 Å². The molecular weight excluding hydrogens is 226 g/mol. The average Bonchev–Trinajstić information content (AvgIpc) is 2.89. The minimum atomic E-state index is 0.251. The van der Waals surface area contributed by atoms with E-state index in [4.69, 9.17) is 5.73 Å². The Kier molecular flexibility index (Phi) is 2.98. The van der Waals surface area contributed by atoms with E-state index >= 15 is 0 Å². The van der Waals surface area contributed by atoms with Crippen molar-refractivity contribution in [2.75, 3.05) is 18.0 Å². The minimum absolute atomic E-state index is 0.251. The molecule has 1 aliphatic heterocycles. The van der Waals surface area contributed by atoms with Crippen molar-refractivity contribution in [2.24, 2.45) is 5.73 Å². The normalized spacial score (nSPS) is 20.1. The molecule has 0 unspecified atom stereocenters. The molecule has 5 nitrogen and oxygen atoms in total. The molecule has 0 amide bonds. The second kappa shape index (κ2) is 4.78. The molecule has 0 aliphatic carbocycles. The maximum absolute atomic E-state index is 5.98. The van der Waals surface area contributed by atoms with Crippen LogP contribution in [-0.2, 0) is 0 Å². The lowest BCUT2D eigenvalue weighted by Crippen LogP contribution is -2.43. The van der Waals surface area contributed by atoms with Crippen LogP contribution in [0.1, 0.15) is 12.8 Å². The monoisotopic (exact) mass is 243 g/mol. The zero-order valence-corrected chi connectivity index (χ0v) is 10.2. The number of rotatable bonds is 2. The highest BCUT2D eigenvalue weighted by molar-refractivity contribution is 5.39. The second-order valence-corrected chi connectivity index (χ2v) is 4.71. The average molecular weight is 243 g/mol. The van der Waals surface area contributed by atoms with Crippen LogP contribution < -0.4 is 10.6 Å². The van der Waals surface area contributed by atoms with Gasteiger partial charge in [0.15, 0.2) is 5.82 Å². The summed E-state index contributed by atoms with van der Waals surface area (Å²) in [7, 11) is 0. The third kappa shape index (κ3) is 2.22. The Morgan fingerprint density at radius 1 is 1.22 bits per heavy atom. The fourth-order valence-corrected chi connectivity index (χ4v) is 2.32. The highest BCUT2D eigenvalue weighted by Gasteiger charge is 2.19. The Balaban J connectivity index is 1.81. The molecule has 0 saturated carbocycles. The van der Waals surface area contributed by atoms with Crippen LogP contribution in [0.2, 0.25) is 0 Å². The van der Waals surface area contributed by atoms with E-state index in [2.05, 4.69) is 15.2 Å². The molecule has 3 rings (SSSR count). The van der Waals surface area contributed by atoms with Crippen molar-refractivity contribution in [3.63, 3.8) is 0 Å². The second-order valence-electron chi connectivity index (χ2n) is 4.71. The quantitative estimate of drug-likeness (QED) is 0.861. The van der Waals surface area contributed by atoms with Gasteiger partial charge in [0, 0.05) is 19.1 Å². The Morgan fingerprint density at radius 3 is 2.83 bits per heavy atom. The molecule has 1 aromatic heterocycles. The number of para-hydroxylation sites is 1. The Morgan fingerprint density at radius 2 is 2.06 bits per heavy atom. The van der Waals surface area contributed by atoms with Gasteiger partial charge in [0.1, 0.15) is 0 Å². The van der Waals surface area contributed by atoms with Crippen LogP contribution in [0.4, 0.5) is 5.82 Å². The van der Waals surface area contributed by atoms with Gasteiger partial charge in [-0.1, -0.05) is 23.4 Å². The number of anilines is 1. The van der Waals surface area contributed by atoms with Crippen LogP contribution in [0.3, 0.4) is 0 Å². The van der Waals surface area contributed by atoms with E-state index in [-0.39, 0.29) is 6.04 Å². The van der Waals surface area contributed by atoms with Gasteiger partial charge >= 0.3 is 0 Å². The number of benzene rings is 1. The van der Waals surface area contributed by atoms with E-state index in [0.29, 0.717) is 0 Å². The SMILES string of the molecule is N[C@@H]1CCCN(c2cn(-c3ccccc3)nn2)C1. The van der Waals surface area contributed by atoms with E-state index in [0.717, 1.165) is 37.4 Å². The first-order valence-electron chi connectivity index (χ1n) is 6.31. The molecular formula is C13H17N5. The summed E-state index contributed by atoms with van der Waals surface area (Å²) in [6.07, 6.45) is 4.19. The molecule has 1 aromatic carbocycles. The maximum Gasteiger partial charge on any atom is 0.171 e. The van der Waals surface area contributed by atoms with Crippen molar-refractivity contribution in [1.29, 1.82) is 0 Å². The van der Waals surface area contributed by atoms with Crippen LogP contribution in [0.25, 0.3) is 5.69 Å². The van der Waals surface area contributed by atoms with E-state index in [1.54, 1.807) is 4.68 Å². The van der Waals surface area contributed by atoms with Crippen molar-refractivity contribution in [2.45, 2.75) is 18.9 Å². The fraction of sp³-hybridized carbons (Fsp3) is 0.385. The number of hydrogen-bond donors (Lipinski definition) is 1. The predicted molar refractivity (Wildman–Crippen MR) is 70.8 cm³/mol. The number of hydrogen-bond acceptors (Lipinski definition) is 4. The van der Waals surface area contributed by atoms with E-state index in [1.165, 1.54) is 0 Å². The lowest BCUT2D eigenvalue weighted by molar-refractivity contribution is 0.503. The highest BCUT2D eigenvalue weighted by atomic mass is 15.5. The molecule has 2 heterocycles. The molecule has 0 radical (unpaired) electrons. The fourth-order valence-electron chi connectivity index (χ4n) is 2.32. The molecule has 0 spiro atoms. The molecule has 0 bridgehead atoms. The zero-order valence-electron chi connectivity index (χ0n) is 10.2. The summed E-state index contributed by atoms with van der Waals surface area (Å²) in [4.78, 5) is 2.21. The van der Waals surface area contributed by atoms with Gasteiger partial charge in [-0.25, -0.2) is 4.68 Å². The molecule has 2 N–H and O–H groups in total. The van der Waals surface area contributed by atoms with Crippen molar-refractivity contribution < 1.29 is 0 Å². The van der Waals surface area contributed by atoms with Gasteiger partial charge in [0.25, 0.3) is 0 Å². The number of nitrogens with zero attached hydrogens (tertiary/aromatic N) is 4. The van der Waals surface area contributed by atoms with Crippen molar-refractivity contribution in [3.8, 4) is 5.69 Å². The van der Waals surface area contributed by atoms with E-state index in [9.17, 15) is 0 Å². The summed E-state index contributed by atoms with van der Waals surface area (Å²) in [6.45, 7) is 1.88. The number of piperidine rings is 1. The largest absolute Gasteiger partial charge is 0.352 e. The molecule has 1 saturated heterocycles. The Hall–Kier alpha value is -1.88. The molecule has 18 heavy (non-hydrogen) atoms. The summed E-state index contributed by atoms with van der Waals surface area (Å²) >= 11 is 0. The Labute approximate surface area is 106 Å². The topological polar surface area (TPSA) is 60.0 Å². The smallest absolute Gasteiger partial charge is 0.171 e. The van der Waals surface area contributed by atoms with Crippen LogP contribution >= 0.6 is 0 Å². The summed E-state index contributed by atoms with van der Waals surface area (Å²) in [6, 6.07) is 10.3. The van der Waals surface area contributed by atoms with Crippen LogP contribution in [0.15, 0.2) is 36.5 Å². The van der Waals surface area contributed by atoms with Crippen molar-refractivity contribution in [1.82, 2.24) is 15.0 Å². The Bertz CT molecular complexity index is 507. The maximum atomic E-state index is 5.98. The third-order valence-electron chi connectivity index (χ3n) is 3.28. The van der Waals surface area contributed by atoms with Crippen molar-refractivity contribution in [3.05, 3.63) is 36.5 Å². The lowest BCUT2D eigenvalue weighted by atomic mass is 10.1. The number of aromatic nitrogens is 3. The predicted octanol–water partition coefficient (Wildman–Crippen LogP) is 1.19. The summed E-state index contributed by atoms with van der Waals surface area (Å²) in [5.74, 6) is 0.911. The van der Waals surface area contributed by atoms with Gasteiger partial charge in [-0.05, 0) is 25.0 Å². The van der Waals surface area contributed by atoms with Crippen LogP contribution in [0, 0.1) is 0 Å². The first kappa shape index (κ1) is 11.2. The minimum Gasteiger partial charge on any atom is -0.352 e. The number of nitrogens with two attached hydrogens (primary N) is 1. The van der Waals surface area contributed by atoms with Crippen molar-refractivity contribution >= 4 is 5.82 Å². The lowest BCUT2D eigenvalue weighted by Gasteiger charge is -2.30. The zero-order chi connectivity index (χ0) is 12.4. The third-order valence-corrected chi connectivity index (χ3v) is 3.28. The standard InChI is InChI=1S/C13H17N5/c14-11-5-4-8-17(9-11)13-10-18(16-15-13)12-6-2-1-3-7-12/h1-3,6-7,10-11H,4-5,8-9,14H2/t11-/m1/s1. The van der Waals surface area contributed by atoms with E-state index in [1.807, 2.05) is 36.5 Å². The van der Waals surface area contributed by atoms with Gasteiger partial charge in [-0.3, -0.25) is 0 Å². The summed E-state index contributed by atoms with van der Waals surface area (Å²) in [5, 5.41) is 8.40. The van der Waals surface area contributed by atoms with E-state index < -0.39 is 0 Å². The molecule has 2 aromatic rings. The summed E-state index contributed by atoms with van der Waals surface area (Å²) in [5.41, 5.74) is 7.01. The highest BCUT2D eigenvalue weighted by Crippen LogP contribution is 2.17. The van der Waals surface area contributed by atoms with Gasteiger partial charge in [0.05, 0.1) is 11.9 Å². The summed E-state index contributed by atoms with van der Waals surface area (Å²) < 4.78 is 1.80. The molecule has 1 fully saturated rings. The molecule has 5 heteroatoms. The van der Waals surface area contributed by atoms with Gasteiger partial charge in [-0.15, -0.1) is 5.10 Å². The first-order valence-corrected chi connectivity index (χ1v) is 6.31. The van der Waals surface area contributed by atoms with Gasteiger partial charge in [0.2, 0.25) is 0 Å². The van der Waals surface area contributed by atoms with Gasteiger partial charge < -0.3 is 10.6 Å². The van der Waals surface area contributed by atoms with Gasteiger partial charge in [-0.2, -0.15) is 0 Å². The first-order chi connectivity index (χ1) is 8.83. The molecule has 94 valence electrons. The molecule has 1 atom stereocenters. The van der Waals surface area contributed by atoms with Crippen LogP contribution in [-0.4, -0.2) is 34.1 Å².